The van der Waals surface area contributed by atoms with E-state index in [1.165, 1.54) is 19.2 Å². The van der Waals surface area contributed by atoms with Crippen LogP contribution < -0.4 is 10.1 Å². The van der Waals surface area contributed by atoms with E-state index < -0.39 is 17.7 Å². The van der Waals surface area contributed by atoms with Crippen molar-refractivity contribution in [1.82, 2.24) is 10.2 Å². The Morgan fingerprint density at radius 3 is 2.57 bits per heavy atom. The summed E-state index contributed by atoms with van der Waals surface area (Å²) < 4.78 is 49.5. The number of rotatable bonds is 6. The molecule has 0 aliphatic carbocycles. The van der Waals surface area contributed by atoms with E-state index in [4.69, 9.17) is 9.47 Å². The van der Waals surface area contributed by atoms with Crippen molar-refractivity contribution >= 4 is 11.7 Å². The maximum Gasteiger partial charge on any atom is 0.416 e. The molecule has 162 valence electrons. The topological polar surface area (TPSA) is 93.6 Å². The third kappa shape index (κ3) is 4.81. The van der Waals surface area contributed by atoms with Gasteiger partial charge in [-0.3, -0.25) is 0 Å². The molecule has 0 amide bonds. The lowest BCUT2D eigenvalue weighted by Gasteiger charge is -2.31. The summed E-state index contributed by atoms with van der Waals surface area (Å²) in [6, 6.07) is 5.01. The zero-order chi connectivity index (χ0) is 21.9. The number of ether oxygens (including phenoxy) is 2. The van der Waals surface area contributed by atoms with Crippen LogP contribution in [-0.2, 0) is 10.9 Å². The van der Waals surface area contributed by atoms with Crippen molar-refractivity contribution in [3.05, 3.63) is 46.6 Å². The predicted molar refractivity (Wildman–Crippen MR) is 102 cm³/mol. The Labute approximate surface area is 171 Å². The number of carboxylic acid groups (broad SMARTS) is 1. The van der Waals surface area contributed by atoms with E-state index in [1.807, 2.05) is 0 Å². The molecule has 2 unspecified atom stereocenters. The number of aromatic nitrogens is 2. The molecule has 3 rings (SSSR count). The summed E-state index contributed by atoms with van der Waals surface area (Å²) >= 11 is 0. The van der Waals surface area contributed by atoms with Gasteiger partial charge >= 0.3 is 12.1 Å². The lowest BCUT2D eigenvalue weighted by atomic mass is 9.97. The zero-order valence-electron chi connectivity index (χ0n) is 16.5. The van der Waals surface area contributed by atoms with Crippen LogP contribution in [-0.4, -0.2) is 41.0 Å². The Balaban J connectivity index is 1.69. The summed E-state index contributed by atoms with van der Waals surface area (Å²) in [5.74, 6) is -1.02. The molecule has 2 aromatic rings. The fourth-order valence-electron chi connectivity index (χ4n) is 3.45. The van der Waals surface area contributed by atoms with Crippen molar-refractivity contribution in [3.63, 3.8) is 0 Å². The molecule has 1 saturated heterocycles. The summed E-state index contributed by atoms with van der Waals surface area (Å²) in [5.41, 5.74) is 0.641. The van der Waals surface area contributed by atoms with Gasteiger partial charge in [0.05, 0.1) is 24.9 Å². The van der Waals surface area contributed by atoms with Crippen molar-refractivity contribution in [2.24, 2.45) is 0 Å². The number of nitrogens with zero attached hydrogens (tertiary/aromatic N) is 2. The van der Waals surface area contributed by atoms with Crippen molar-refractivity contribution in [2.45, 2.75) is 44.6 Å². The van der Waals surface area contributed by atoms with Crippen LogP contribution in [0.5, 0.6) is 5.88 Å². The Hall–Kier alpha value is -2.88. The van der Waals surface area contributed by atoms with Gasteiger partial charge in [-0.1, -0.05) is 12.1 Å². The third-order valence-electron chi connectivity index (χ3n) is 5.05. The number of benzene rings is 1. The van der Waals surface area contributed by atoms with Crippen LogP contribution in [0.4, 0.5) is 18.9 Å². The lowest BCUT2D eigenvalue weighted by molar-refractivity contribution is -0.137. The van der Waals surface area contributed by atoms with Gasteiger partial charge in [-0.05, 0) is 43.9 Å². The first-order valence-electron chi connectivity index (χ1n) is 9.41. The molecule has 0 spiro atoms. The van der Waals surface area contributed by atoms with Crippen LogP contribution in [0.2, 0.25) is 0 Å². The van der Waals surface area contributed by atoms with Gasteiger partial charge in [0.2, 0.25) is 0 Å². The van der Waals surface area contributed by atoms with Crippen LogP contribution in [0.25, 0.3) is 0 Å². The van der Waals surface area contributed by atoms with Crippen LogP contribution >= 0.6 is 0 Å². The molecular formula is C20H22F3N3O4. The maximum absolute atomic E-state index is 12.8. The fraction of sp³-hybridized carbons (Fsp3) is 0.450. The van der Waals surface area contributed by atoms with Crippen molar-refractivity contribution in [3.8, 4) is 5.88 Å². The molecule has 1 aliphatic rings. The van der Waals surface area contributed by atoms with Crippen molar-refractivity contribution in [1.29, 1.82) is 0 Å². The Morgan fingerprint density at radius 1 is 1.27 bits per heavy atom. The van der Waals surface area contributed by atoms with Gasteiger partial charge in [-0.15, -0.1) is 10.2 Å². The number of carboxylic acids is 1. The summed E-state index contributed by atoms with van der Waals surface area (Å²) in [6.45, 7) is 1.97. The lowest BCUT2D eigenvalue weighted by Crippen LogP contribution is -2.29. The summed E-state index contributed by atoms with van der Waals surface area (Å²) in [7, 11) is 1.41. The van der Waals surface area contributed by atoms with Crippen LogP contribution in [0.3, 0.4) is 0 Å². The van der Waals surface area contributed by atoms with E-state index in [2.05, 4.69) is 15.5 Å². The summed E-state index contributed by atoms with van der Waals surface area (Å²) in [4.78, 5) is 11.3. The SMILES string of the molecule is COc1nnc(C(=O)O)c(C)c1NCC1CCCC(c2ccc(C(F)(F)F)cc2)O1. The minimum atomic E-state index is -4.37. The number of nitrogens with one attached hydrogen (secondary N) is 1. The molecule has 7 nitrogen and oxygen atoms in total. The largest absolute Gasteiger partial charge is 0.478 e. The van der Waals surface area contributed by atoms with Gasteiger partial charge in [-0.2, -0.15) is 13.2 Å². The molecule has 1 fully saturated rings. The van der Waals surface area contributed by atoms with Gasteiger partial charge in [-0.25, -0.2) is 4.79 Å². The predicted octanol–water partition coefficient (Wildman–Crippen LogP) is 4.23. The highest BCUT2D eigenvalue weighted by molar-refractivity contribution is 5.89. The minimum absolute atomic E-state index is 0.174. The highest BCUT2D eigenvalue weighted by Crippen LogP contribution is 2.35. The molecule has 0 radical (unpaired) electrons. The maximum atomic E-state index is 12.8. The average Bonchev–Trinajstić information content (AvgIpc) is 2.72. The third-order valence-corrected chi connectivity index (χ3v) is 5.05. The quantitative estimate of drug-likeness (QED) is 0.715. The molecule has 10 heteroatoms. The zero-order valence-corrected chi connectivity index (χ0v) is 16.5. The standard InChI is InChI=1S/C20H22F3N3O4/c1-11-16(18(29-2)26-25-17(11)19(27)28)24-10-14-4-3-5-15(30-14)12-6-8-13(9-7-12)20(21,22)23/h6-9,14-15H,3-5,10H2,1-2H3,(H,24,25)(H,27,28). The van der Waals surface area contributed by atoms with Crippen molar-refractivity contribution < 1.29 is 32.5 Å². The first kappa shape index (κ1) is 21.8. The number of aromatic carboxylic acids is 1. The first-order chi connectivity index (χ1) is 14.2. The molecule has 2 heterocycles. The molecule has 1 aromatic carbocycles. The van der Waals surface area contributed by atoms with E-state index in [-0.39, 0.29) is 23.8 Å². The molecule has 2 atom stereocenters. The number of halogens is 3. The number of hydrogen-bond acceptors (Lipinski definition) is 6. The fourth-order valence-corrected chi connectivity index (χ4v) is 3.45. The van der Waals surface area contributed by atoms with E-state index in [9.17, 15) is 23.1 Å². The minimum Gasteiger partial charge on any atom is -0.478 e. The monoisotopic (exact) mass is 425 g/mol. The van der Waals surface area contributed by atoms with Gasteiger partial charge < -0.3 is 19.9 Å². The number of carbonyl (C=O) groups is 1. The number of hydrogen-bond donors (Lipinski definition) is 2. The number of methoxy groups -OCH3 is 1. The molecule has 0 bridgehead atoms. The smallest absolute Gasteiger partial charge is 0.416 e. The average molecular weight is 425 g/mol. The molecule has 1 aromatic heterocycles. The summed E-state index contributed by atoms with van der Waals surface area (Å²) in [5, 5.41) is 19.8. The van der Waals surface area contributed by atoms with Crippen LogP contribution in [0.15, 0.2) is 24.3 Å². The number of alkyl halides is 3. The normalized spacial score (nSPS) is 19.4. The van der Waals surface area contributed by atoms with Crippen LogP contribution in [0, 0.1) is 6.92 Å². The second-order valence-electron chi connectivity index (χ2n) is 7.04. The Bertz CT molecular complexity index is 903. The van der Waals surface area contributed by atoms with E-state index >= 15 is 0 Å². The van der Waals surface area contributed by atoms with E-state index in [0.29, 0.717) is 29.8 Å². The number of anilines is 1. The first-order valence-corrected chi connectivity index (χ1v) is 9.41. The highest BCUT2D eigenvalue weighted by atomic mass is 19.4. The van der Waals surface area contributed by atoms with Gasteiger partial charge in [0.1, 0.15) is 5.69 Å². The summed E-state index contributed by atoms with van der Waals surface area (Å²) in [6.07, 6.45) is -2.57. The molecule has 1 aliphatic heterocycles. The molecule has 0 saturated carbocycles. The van der Waals surface area contributed by atoms with Gasteiger partial charge in [0.25, 0.3) is 5.88 Å². The Morgan fingerprint density at radius 2 is 1.97 bits per heavy atom. The van der Waals surface area contributed by atoms with Gasteiger partial charge in [0.15, 0.2) is 5.69 Å². The Kier molecular flexibility index (Phi) is 6.45. The van der Waals surface area contributed by atoms with Crippen LogP contribution in [0.1, 0.15) is 52.5 Å². The molecule has 30 heavy (non-hydrogen) atoms. The van der Waals surface area contributed by atoms with Crippen molar-refractivity contribution in [2.75, 3.05) is 19.0 Å². The van der Waals surface area contributed by atoms with E-state index in [1.54, 1.807) is 6.92 Å². The molecule has 2 N–H and O–H groups in total. The second-order valence-corrected chi connectivity index (χ2v) is 7.04. The van der Waals surface area contributed by atoms with Gasteiger partial charge in [0, 0.05) is 12.1 Å². The highest BCUT2D eigenvalue weighted by Gasteiger charge is 2.31. The van der Waals surface area contributed by atoms with E-state index in [0.717, 1.165) is 25.0 Å². The molecular weight excluding hydrogens is 403 g/mol. The second kappa shape index (κ2) is 8.86.